The molecule has 0 saturated carbocycles. The maximum absolute atomic E-state index is 11.9. The molecule has 1 aromatic heterocycles. The Balaban J connectivity index is 2.06. The smallest absolute Gasteiger partial charge is 0.348 e. The normalized spacial score (nSPS) is 15.1. The van der Waals surface area contributed by atoms with Gasteiger partial charge in [0.25, 0.3) is 0 Å². The van der Waals surface area contributed by atoms with Gasteiger partial charge >= 0.3 is 5.69 Å². The molecular formula is C18H24N6O2. The summed E-state index contributed by atoms with van der Waals surface area (Å²) in [6.45, 7) is 7.67. The molecule has 1 aliphatic rings. The molecule has 0 spiro atoms. The third-order valence-corrected chi connectivity index (χ3v) is 4.65. The van der Waals surface area contributed by atoms with Crippen LogP contribution in [0.15, 0.2) is 30.6 Å². The van der Waals surface area contributed by atoms with Crippen LogP contribution in [-0.2, 0) is 0 Å². The summed E-state index contributed by atoms with van der Waals surface area (Å²) < 4.78 is 0. The summed E-state index contributed by atoms with van der Waals surface area (Å²) in [6, 6.07) is 7.89. The summed E-state index contributed by atoms with van der Waals surface area (Å²) in [6.07, 6.45) is 1.43. The maximum Gasteiger partial charge on any atom is 0.353 e. The van der Waals surface area contributed by atoms with Gasteiger partial charge in [0.2, 0.25) is 11.6 Å². The summed E-state index contributed by atoms with van der Waals surface area (Å²) >= 11 is 0. The maximum atomic E-state index is 11.9. The summed E-state index contributed by atoms with van der Waals surface area (Å²) in [4.78, 5) is 26.2. The lowest BCUT2D eigenvalue weighted by molar-refractivity contribution is -0.383. The van der Waals surface area contributed by atoms with E-state index in [1.54, 1.807) is 0 Å². The zero-order valence-corrected chi connectivity index (χ0v) is 15.4. The monoisotopic (exact) mass is 356 g/mol. The zero-order chi connectivity index (χ0) is 18.7. The molecule has 0 atom stereocenters. The lowest BCUT2D eigenvalue weighted by atomic mass is 10.2. The van der Waals surface area contributed by atoms with Gasteiger partial charge in [0.05, 0.1) is 4.92 Å². The molecule has 0 unspecified atom stereocenters. The molecule has 0 radical (unpaired) electrons. The minimum Gasteiger partial charge on any atom is -0.348 e. The van der Waals surface area contributed by atoms with Crippen LogP contribution in [-0.4, -0.2) is 59.6 Å². The Bertz CT molecular complexity index is 789. The van der Waals surface area contributed by atoms with E-state index in [4.69, 9.17) is 0 Å². The van der Waals surface area contributed by atoms with Crippen molar-refractivity contribution < 1.29 is 4.92 Å². The van der Waals surface area contributed by atoms with Gasteiger partial charge in [0.1, 0.15) is 6.33 Å². The number of anilines is 3. The Morgan fingerprint density at radius 2 is 1.96 bits per heavy atom. The van der Waals surface area contributed by atoms with E-state index in [-0.39, 0.29) is 10.6 Å². The van der Waals surface area contributed by atoms with Crippen molar-refractivity contribution in [2.45, 2.75) is 13.8 Å². The number of nitrogens with zero attached hydrogens (tertiary/aromatic N) is 6. The number of aromatic nitrogens is 2. The van der Waals surface area contributed by atoms with Crippen molar-refractivity contribution in [2.75, 3.05) is 49.6 Å². The van der Waals surface area contributed by atoms with Crippen molar-refractivity contribution in [3.8, 4) is 0 Å². The second kappa shape index (κ2) is 7.65. The Hall–Kier alpha value is -2.74. The third-order valence-electron chi connectivity index (χ3n) is 4.65. The van der Waals surface area contributed by atoms with Gasteiger partial charge in [-0.3, -0.25) is 10.1 Å². The lowest BCUT2D eigenvalue weighted by Crippen LogP contribution is -2.45. The molecule has 1 saturated heterocycles. The summed E-state index contributed by atoms with van der Waals surface area (Å²) in [5.41, 5.74) is 1.95. The molecule has 2 heterocycles. The van der Waals surface area contributed by atoms with Crippen molar-refractivity contribution >= 4 is 23.0 Å². The zero-order valence-electron chi connectivity index (χ0n) is 15.4. The van der Waals surface area contributed by atoms with E-state index >= 15 is 0 Å². The SMILES string of the molecule is CCN(c1cccc(C)c1)c1ncnc(N2CCN(C)CC2)c1[N+](=O)[O-]. The molecule has 1 aliphatic heterocycles. The Morgan fingerprint density at radius 1 is 1.23 bits per heavy atom. The van der Waals surface area contributed by atoms with Crippen LogP contribution in [0, 0.1) is 17.0 Å². The molecule has 8 heteroatoms. The van der Waals surface area contributed by atoms with Gasteiger partial charge in [-0.1, -0.05) is 12.1 Å². The predicted octanol–water partition coefficient (Wildman–Crippen LogP) is 2.60. The van der Waals surface area contributed by atoms with Gasteiger partial charge in [-0.05, 0) is 38.6 Å². The number of hydrogen-bond donors (Lipinski definition) is 0. The first-order chi connectivity index (χ1) is 12.5. The summed E-state index contributed by atoms with van der Waals surface area (Å²) in [5, 5.41) is 11.9. The molecule has 2 aromatic rings. The Labute approximate surface area is 153 Å². The van der Waals surface area contributed by atoms with Gasteiger partial charge in [-0.15, -0.1) is 0 Å². The van der Waals surface area contributed by atoms with Crippen molar-refractivity contribution in [1.29, 1.82) is 0 Å². The second-order valence-electron chi connectivity index (χ2n) is 6.50. The molecule has 0 amide bonds. The van der Waals surface area contributed by atoms with E-state index < -0.39 is 0 Å². The fraction of sp³-hybridized carbons (Fsp3) is 0.444. The molecule has 1 fully saturated rings. The van der Waals surface area contributed by atoms with E-state index in [0.717, 1.165) is 24.3 Å². The number of aryl methyl sites for hydroxylation is 1. The average Bonchev–Trinajstić information content (AvgIpc) is 2.63. The highest BCUT2D eigenvalue weighted by Gasteiger charge is 2.31. The van der Waals surface area contributed by atoms with E-state index in [1.807, 2.05) is 55.0 Å². The van der Waals surface area contributed by atoms with E-state index in [9.17, 15) is 10.1 Å². The Morgan fingerprint density at radius 3 is 2.58 bits per heavy atom. The highest BCUT2D eigenvalue weighted by molar-refractivity contribution is 5.76. The first-order valence-corrected chi connectivity index (χ1v) is 8.78. The van der Waals surface area contributed by atoms with Crippen LogP contribution in [0.1, 0.15) is 12.5 Å². The molecule has 3 rings (SSSR count). The molecular weight excluding hydrogens is 332 g/mol. The number of likely N-dealkylation sites (N-methyl/N-ethyl adjacent to an activating group) is 1. The topological polar surface area (TPSA) is 78.6 Å². The fourth-order valence-corrected chi connectivity index (χ4v) is 3.22. The molecule has 0 N–H and O–H groups in total. The van der Waals surface area contributed by atoms with Gasteiger partial charge < -0.3 is 14.7 Å². The first-order valence-electron chi connectivity index (χ1n) is 8.78. The average molecular weight is 356 g/mol. The van der Waals surface area contributed by atoms with Crippen LogP contribution in [0.4, 0.5) is 23.0 Å². The summed E-state index contributed by atoms with van der Waals surface area (Å²) in [5.74, 6) is 0.742. The van der Waals surface area contributed by atoms with Crippen LogP contribution < -0.4 is 9.80 Å². The van der Waals surface area contributed by atoms with E-state index in [2.05, 4.69) is 14.9 Å². The quantitative estimate of drug-likeness (QED) is 0.602. The van der Waals surface area contributed by atoms with Gasteiger partial charge in [-0.2, -0.15) is 0 Å². The highest BCUT2D eigenvalue weighted by Crippen LogP contribution is 2.37. The Kier molecular flexibility index (Phi) is 5.32. The van der Waals surface area contributed by atoms with Gasteiger partial charge in [0.15, 0.2) is 0 Å². The van der Waals surface area contributed by atoms with E-state index in [1.165, 1.54) is 6.33 Å². The van der Waals surface area contributed by atoms with Crippen molar-refractivity contribution in [3.05, 3.63) is 46.3 Å². The van der Waals surface area contributed by atoms with E-state index in [0.29, 0.717) is 31.3 Å². The highest BCUT2D eigenvalue weighted by atomic mass is 16.6. The van der Waals surface area contributed by atoms with Crippen LogP contribution in [0.5, 0.6) is 0 Å². The van der Waals surface area contributed by atoms with Crippen LogP contribution in [0.2, 0.25) is 0 Å². The predicted molar refractivity (Wildman–Crippen MR) is 102 cm³/mol. The summed E-state index contributed by atoms with van der Waals surface area (Å²) in [7, 11) is 2.05. The van der Waals surface area contributed by atoms with Crippen LogP contribution >= 0.6 is 0 Å². The standard InChI is InChI=1S/C18H24N6O2/c1-4-23(15-7-5-6-14(2)12-15)18-16(24(25)26)17(19-13-20-18)22-10-8-21(3)9-11-22/h5-7,12-13H,4,8-11H2,1-3H3. The van der Waals surface area contributed by atoms with Gasteiger partial charge in [0, 0.05) is 38.4 Å². The minimum absolute atomic E-state index is 0.0274. The van der Waals surface area contributed by atoms with Crippen LogP contribution in [0.25, 0.3) is 0 Å². The number of piperazine rings is 1. The van der Waals surface area contributed by atoms with Crippen molar-refractivity contribution in [1.82, 2.24) is 14.9 Å². The first kappa shape index (κ1) is 18.1. The van der Waals surface area contributed by atoms with Crippen LogP contribution in [0.3, 0.4) is 0 Å². The number of benzene rings is 1. The molecule has 26 heavy (non-hydrogen) atoms. The molecule has 1 aromatic carbocycles. The molecule has 138 valence electrons. The molecule has 0 aliphatic carbocycles. The lowest BCUT2D eigenvalue weighted by Gasteiger charge is -2.33. The van der Waals surface area contributed by atoms with Crippen molar-refractivity contribution in [3.63, 3.8) is 0 Å². The van der Waals surface area contributed by atoms with Gasteiger partial charge in [-0.25, -0.2) is 9.97 Å². The molecule has 0 bridgehead atoms. The fourth-order valence-electron chi connectivity index (χ4n) is 3.22. The minimum atomic E-state index is -0.360. The van der Waals surface area contributed by atoms with Crippen molar-refractivity contribution in [2.24, 2.45) is 0 Å². The molecule has 8 nitrogen and oxygen atoms in total. The second-order valence-corrected chi connectivity index (χ2v) is 6.50. The largest absolute Gasteiger partial charge is 0.353 e. The number of nitro groups is 1. The number of rotatable bonds is 5. The number of hydrogen-bond acceptors (Lipinski definition) is 7. The third kappa shape index (κ3) is 3.60.